The molecule has 0 saturated carbocycles. The van der Waals surface area contributed by atoms with E-state index in [1.165, 1.54) is 0 Å². The van der Waals surface area contributed by atoms with Crippen LogP contribution in [0.25, 0.3) is 0 Å². The fourth-order valence-electron chi connectivity index (χ4n) is 2.29. The summed E-state index contributed by atoms with van der Waals surface area (Å²) in [4.78, 5) is 10.7. The smallest absolute Gasteiger partial charge is 0.303 e. The van der Waals surface area contributed by atoms with E-state index >= 15 is 0 Å². The lowest BCUT2D eigenvalue weighted by Crippen LogP contribution is -2.06. The van der Waals surface area contributed by atoms with Crippen LogP contribution >= 0.6 is 15.9 Å². The number of carboxylic acids is 1. The first-order valence-electron chi connectivity index (χ1n) is 7.19. The highest BCUT2D eigenvalue weighted by atomic mass is 79.9. The monoisotopic (exact) mass is 362 g/mol. The minimum absolute atomic E-state index is 0.122. The van der Waals surface area contributed by atoms with Crippen LogP contribution in [0.3, 0.4) is 0 Å². The Morgan fingerprint density at radius 1 is 1.23 bits per heavy atom. The van der Waals surface area contributed by atoms with Gasteiger partial charge in [-0.15, -0.1) is 0 Å². The van der Waals surface area contributed by atoms with Crippen LogP contribution in [-0.2, 0) is 11.2 Å². The first kappa shape index (κ1) is 16.6. The van der Waals surface area contributed by atoms with Gasteiger partial charge in [0, 0.05) is 16.5 Å². The Hall–Kier alpha value is -1.81. The summed E-state index contributed by atoms with van der Waals surface area (Å²) in [5.74, 6) is 0.964. The molecule has 1 atom stereocenters. The third-order valence-electron chi connectivity index (χ3n) is 3.48. The zero-order valence-electron chi connectivity index (χ0n) is 12.7. The van der Waals surface area contributed by atoms with Crippen molar-refractivity contribution in [2.24, 2.45) is 5.92 Å². The van der Waals surface area contributed by atoms with Crippen molar-refractivity contribution in [1.29, 1.82) is 0 Å². The molecule has 3 nitrogen and oxygen atoms in total. The standard InChI is InChI=1S/C18H19BrO3/c1-12(11-18(20)21)10-14-6-8-15(9-7-14)22-17-5-3-4-16(19)13(17)2/h3-9,12H,10-11H2,1-2H3,(H,20,21)/t12-/m1/s1. The van der Waals surface area contributed by atoms with Gasteiger partial charge in [-0.25, -0.2) is 0 Å². The van der Waals surface area contributed by atoms with Crippen molar-refractivity contribution in [1.82, 2.24) is 0 Å². The molecule has 0 unspecified atom stereocenters. The predicted molar refractivity (Wildman–Crippen MR) is 90.5 cm³/mol. The van der Waals surface area contributed by atoms with Crippen molar-refractivity contribution < 1.29 is 14.6 Å². The minimum atomic E-state index is -0.752. The molecule has 0 aromatic heterocycles. The molecule has 0 saturated heterocycles. The van der Waals surface area contributed by atoms with Crippen LogP contribution < -0.4 is 4.74 Å². The number of hydrogen-bond acceptors (Lipinski definition) is 2. The molecule has 0 aliphatic rings. The molecule has 2 aromatic rings. The summed E-state index contributed by atoms with van der Waals surface area (Å²) in [6.45, 7) is 3.95. The molecule has 0 aliphatic heterocycles. The van der Waals surface area contributed by atoms with E-state index in [1.807, 2.05) is 56.3 Å². The zero-order chi connectivity index (χ0) is 16.1. The fourth-order valence-corrected chi connectivity index (χ4v) is 2.64. The van der Waals surface area contributed by atoms with Gasteiger partial charge in [0.2, 0.25) is 0 Å². The van der Waals surface area contributed by atoms with E-state index < -0.39 is 5.97 Å². The van der Waals surface area contributed by atoms with Crippen LogP contribution in [0, 0.1) is 12.8 Å². The van der Waals surface area contributed by atoms with Crippen molar-refractivity contribution in [3.8, 4) is 11.5 Å². The van der Waals surface area contributed by atoms with E-state index in [0.717, 1.165) is 33.5 Å². The number of carbonyl (C=O) groups is 1. The highest BCUT2D eigenvalue weighted by Crippen LogP contribution is 2.30. The summed E-state index contributed by atoms with van der Waals surface area (Å²) in [7, 11) is 0. The second-order valence-electron chi connectivity index (χ2n) is 5.52. The van der Waals surface area contributed by atoms with E-state index in [1.54, 1.807) is 0 Å². The van der Waals surface area contributed by atoms with Gasteiger partial charge in [-0.1, -0.05) is 41.1 Å². The first-order chi connectivity index (χ1) is 10.5. The maximum Gasteiger partial charge on any atom is 0.303 e. The highest BCUT2D eigenvalue weighted by molar-refractivity contribution is 9.10. The molecular formula is C18H19BrO3. The van der Waals surface area contributed by atoms with Crippen molar-refractivity contribution in [2.45, 2.75) is 26.7 Å². The number of ether oxygens (including phenoxy) is 1. The van der Waals surface area contributed by atoms with Gasteiger partial charge in [-0.2, -0.15) is 0 Å². The average Bonchev–Trinajstić information content (AvgIpc) is 2.45. The quantitative estimate of drug-likeness (QED) is 0.767. The van der Waals surface area contributed by atoms with Crippen LogP contribution in [0.15, 0.2) is 46.9 Å². The molecule has 1 N–H and O–H groups in total. The molecule has 0 spiro atoms. The molecule has 4 heteroatoms. The fraction of sp³-hybridized carbons (Fsp3) is 0.278. The van der Waals surface area contributed by atoms with E-state index in [-0.39, 0.29) is 12.3 Å². The average molecular weight is 363 g/mol. The van der Waals surface area contributed by atoms with Crippen LogP contribution in [0.2, 0.25) is 0 Å². The van der Waals surface area contributed by atoms with Crippen molar-refractivity contribution in [2.75, 3.05) is 0 Å². The van der Waals surface area contributed by atoms with Gasteiger partial charge in [0.05, 0.1) is 0 Å². The number of carboxylic acid groups (broad SMARTS) is 1. The topological polar surface area (TPSA) is 46.5 Å². The minimum Gasteiger partial charge on any atom is -0.481 e. The molecule has 0 bridgehead atoms. The third-order valence-corrected chi connectivity index (χ3v) is 4.34. The Bertz CT molecular complexity index is 650. The van der Waals surface area contributed by atoms with E-state index in [9.17, 15) is 4.79 Å². The zero-order valence-corrected chi connectivity index (χ0v) is 14.3. The summed E-state index contributed by atoms with van der Waals surface area (Å²) in [6.07, 6.45) is 0.942. The Balaban J connectivity index is 2.03. The van der Waals surface area contributed by atoms with Gasteiger partial charge in [-0.05, 0) is 49.1 Å². The van der Waals surface area contributed by atoms with Gasteiger partial charge in [0.25, 0.3) is 0 Å². The SMILES string of the molecule is Cc1c(Br)cccc1Oc1ccc(C[C@@H](C)CC(=O)O)cc1. The third kappa shape index (κ3) is 4.60. The molecule has 22 heavy (non-hydrogen) atoms. The Labute approximate surface area is 139 Å². The molecule has 116 valence electrons. The molecule has 0 aliphatic carbocycles. The van der Waals surface area contributed by atoms with Crippen molar-refractivity contribution >= 4 is 21.9 Å². The number of halogens is 1. The van der Waals surface area contributed by atoms with Crippen LogP contribution in [0.4, 0.5) is 0 Å². The lowest BCUT2D eigenvalue weighted by molar-refractivity contribution is -0.137. The Morgan fingerprint density at radius 2 is 1.91 bits per heavy atom. The van der Waals surface area contributed by atoms with Crippen molar-refractivity contribution in [3.05, 3.63) is 58.1 Å². The summed E-state index contributed by atoms with van der Waals surface area (Å²) in [5.41, 5.74) is 2.17. The summed E-state index contributed by atoms with van der Waals surface area (Å²) in [5, 5.41) is 8.79. The lowest BCUT2D eigenvalue weighted by Gasteiger charge is -2.12. The maximum atomic E-state index is 10.7. The molecular weight excluding hydrogens is 344 g/mol. The van der Waals surface area contributed by atoms with Crippen LogP contribution in [0.5, 0.6) is 11.5 Å². The molecule has 2 rings (SSSR count). The summed E-state index contributed by atoms with van der Waals surface area (Å²) in [6, 6.07) is 13.7. The molecule has 0 radical (unpaired) electrons. The molecule has 0 amide bonds. The van der Waals surface area contributed by atoms with E-state index in [4.69, 9.17) is 9.84 Å². The number of benzene rings is 2. The van der Waals surface area contributed by atoms with Crippen molar-refractivity contribution in [3.63, 3.8) is 0 Å². The van der Waals surface area contributed by atoms with E-state index in [2.05, 4.69) is 15.9 Å². The largest absolute Gasteiger partial charge is 0.481 e. The second kappa shape index (κ2) is 7.45. The van der Waals surface area contributed by atoms with Crippen LogP contribution in [0.1, 0.15) is 24.5 Å². The highest BCUT2D eigenvalue weighted by Gasteiger charge is 2.09. The van der Waals surface area contributed by atoms with Gasteiger partial charge >= 0.3 is 5.97 Å². The Morgan fingerprint density at radius 3 is 2.55 bits per heavy atom. The molecule has 0 heterocycles. The van der Waals surface area contributed by atoms with Gasteiger partial charge in [0.1, 0.15) is 11.5 Å². The number of aliphatic carboxylic acids is 1. The van der Waals surface area contributed by atoms with Gasteiger partial charge < -0.3 is 9.84 Å². The van der Waals surface area contributed by atoms with Gasteiger partial charge in [-0.3, -0.25) is 4.79 Å². The summed E-state index contributed by atoms with van der Waals surface area (Å²) >= 11 is 3.49. The normalized spacial score (nSPS) is 12.0. The maximum absolute atomic E-state index is 10.7. The predicted octanol–water partition coefficient (Wildman–Crippen LogP) is 5.20. The first-order valence-corrected chi connectivity index (χ1v) is 7.98. The lowest BCUT2D eigenvalue weighted by atomic mass is 9.98. The van der Waals surface area contributed by atoms with E-state index in [0.29, 0.717) is 0 Å². The molecule has 0 fully saturated rings. The van der Waals surface area contributed by atoms with Crippen LogP contribution in [-0.4, -0.2) is 11.1 Å². The molecule has 2 aromatic carbocycles. The summed E-state index contributed by atoms with van der Waals surface area (Å²) < 4.78 is 6.91. The number of rotatable bonds is 6. The second-order valence-corrected chi connectivity index (χ2v) is 6.37. The Kier molecular flexibility index (Phi) is 5.61. The number of hydrogen-bond donors (Lipinski definition) is 1. The van der Waals surface area contributed by atoms with Gasteiger partial charge in [0.15, 0.2) is 0 Å².